The first-order chi connectivity index (χ1) is 15.4. The number of hydrogen-bond acceptors (Lipinski definition) is 4. The number of hydrogen-bond donors (Lipinski definition) is 2. The number of anilines is 1. The van der Waals surface area contributed by atoms with Gasteiger partial charge >= 0.3 is 0 Å². The summed E-state index contributed by atoms with van der Waals surface area (Å²) in [6.07, 6.45) is 2.27. The van der Waals surface area contributed by atoms with Gasteiger partial charge in [-0.15, -0.1) is 12.6 Å². The molecule has 0 amide bonds. The number of halogens is 2. The van der Waals surface area contributed by atoms with Gasteiger partial charge in [-0.2, -0.15) is 0 Å². The van der Waals surface area contributed by atoms with Gasteiger partial charge in [0, 0.05) is 41.4 Å². The number of fused-ring (bicyclic) bond motifs is 1. The van der Waals surface area contributed by atoms with Crippen molar-refractivity contribution in [1.29, 1.82) is 0 Å². The predicted octanol–water partition coefficient (Wildman–Crippen LogP) is 6.46. The van der Waals surface area contributed by atoms with Crippen LogP contribution in [0.15, 0.2) is 48.8 Å². The summed E-state index contributed by atoms with van der Waals surface area (Å²) in [4.78, 5) is 20.4. The van der Waals surface area contributed by atoms with E-state index in [1.807, 2.05) is 44.2 Å². The summed E-state index contributed by atoms with van der Waals surface area (Å²) in [7, 11) is 0. The van der Waals surface area contributed by atoms with Crippen molar-refractivity contribution in [3.63, 3.8) is 0 Å². The maximum atomic E-state index is 11.7. The molecular formula is C24H22Cl2N4OS. The standard InChI is InChI=1S/C24H22Cl2N4OS/c1-3-15-11-16(4-5-17(15)24(31)32)21-12-22(29-13-28-21)27-8-9-30-14(2)10-18-19(25)6-7-20(26)23(18)30/h4-7,10-13H,3,8-9H2,1-2H3,(H,31,32)(H,27,28,29). The van der Waals surface area contributed by atoms with Crippen LogP contribution in [0.5, 0.6) is 0 Å². The van der Waals surface area contributed by atoms with Gasteiger partial charge in [0.2, 0.25) is 5.12 Å². The normalized spacial score (nSPS) is 11.2. The molecule has 0 radical (unpaired) electrons. The zero-order valence-electron chi connectivity index (χ0n) is 17.7. The van der Waals surface area contributed by atoms with Gasteiger partial charge in [0.25, 0.3) is 0 Å². The molecular weight excluding hydrogens is 463 g/mol. The van der Waals surface area contributed by atoms with E-state index >= 15 is 0 Å². The maximum absolute atomic E-state index is 11.7. The Bertz CT molecular complexity index is 1320. The highest BCUT2D eigenvalue weighted by Crippen LogP contribution is 2.32. The van der Waals surface area contributed by atoms with Gasteiger partial charge in [-0.1, -0.05) is 36.2 Å². The molecule has 2 aromatic heterocycles. The first-order valence-electron chi connectivity index (χ1n) is 10.3. The van der Waals surface area contributed by atoms with Crippen molar-refractivity contribution >= 4 is 57.7 Å². The molecule has 2 heterocycles. The van der Waals surface area contributed by atoms with Crippen LogP contribution in [0.2, 0.25) is 10.0 Å². The van der Waals surface area contributed by atoms with Crippen LogP contribution in [-0.4, -0.2) is 26.2 Å². The molecule has 0 saturated heterocycles. The molecule has 0 atom stereocenters. The first-order valence-corrected chi connectivity index (χ1v) is 11.5. The predicted molar refractivity (Wildman–Crippen MR) is 135 cm³/mol. The number of carbonyl (C=O) groups is 1. The Morgan fingerprint density at radius 1 is 1.09 bits per heavy atom. The second kappa shape index (κ2) is 9.53. The molecule has 164 valence electrons. The number of carbonyl (C=O) groups excluding carboxylic acids is 1. The monoisotopic (exact) mass is 484 g/mol. The summed E-state index contributed by atoms with van der Waals surface area (Å²) < 4.78 is 2.15. The minimum atomic E-state index is -0.229. The minimum Gasteiger partial charge on any atom is -0.368 e. The van der Waals surface area contributed by atoms with Gasteiger partial charge in [-0.05, 0) is 49.2 Å². The van der Waals surface area contributed by atoms with Crippen LogP contribution in [0.1, 0.15) is 28.5 Å². The summed E-state index contributed by atoms with van der Waals surface area (Å²) >= 11 is 16.7. The maximum Gasteiger partial charge on any atom is 0.216 e. The number of thiol groups is 1. The lowest BCUT2D eigenvalue weighted by molar-refractivity contribution is 0.109. The van der Waals surface area contributed by atoms with Crippen molar-refractivity contribution in [3.05, 3.63) is 75.7 Å². The molecule has 0 bridgehead atoms. The molecule has 0 spiro atoms. The smallest absolute Gasteiger partial charge is 0.216 e. The number of aromatic nitrogens is 3. The largest absolute Gasteiger partial charge is 0.368 e. The van der Waals surface area contributed by atoms with Crippen LogP contribution in [0, 0.1) is 6.92 Å². The second-order valence-electron chi connectivity index (χ2n) is 7.47. The number of rotatable bonds is 7. The zero-order chi connectivity index (χ0) is 22.8. The molecule has 0 aliphatic heterocycles. The Morgan fingerprint density at radius 2 is 1.88 bits per heavy atom. The van der Waals surface area contributed by atoms with Crippen LogP contribution < -0.4 is 5.32 Å². The van der Waals surface area contributed by atoms with Crippen LogP contribution in [0.25, 0.3) is 22.2 Å². The Balaban J connectivity index is 1.53. The van der Waals surface area contributed by atoms with E-state index in [0.29, 0.717) is 28.7 Å². The third kappa shape index (κ3) is 4.49. The fourth-order valence-electron chi connectivity index (χ4n) is 3.88. The average Bonchev–Trinajstić information content (AvgIpc) is 3.13. The van der Waals surface area contributed by atoms with Crippen LogP contribution in [-0.2, 0) is 13.0 Å². The number of aryl methyl sites for hydroxylation is 2. The molecule has 4 rings (SSSR count). The van der Waals surface area contributed by atoms with Crippen LogP contribution in [0.4, 0.5) is 5.82 Å². The van der Waals surface area contributed by atoms with E-state index in [4.69, 9.17) is 23.2 Å². The molecule has 0 aliphatic rings. The fourth-order valence-corrected chi connectivity index (χ4v) is 4.57. The van der Waals surface area contributed by atoms with E-state index in [9.17, 15) is 4.79 Å². The molecule has 0 aliphatic carbocycles. The molecule has 32 heavy (non-hydrogen) atoms. The van der Waals surface area contributed by atoms with Crippen molar-refractivity contribution in [2.45, 2.75) is 26.8 Å². The first kappa shape index (κ1) is 22.6. The van der Waals surface area contributed by atoms with Crippen LogP contribution >= 0.6 is 35.8 Å². The third-order valence-electron chi connectivity index (χ3n) is 5.48. The van der Waals surface area contributed by atoms with E-state index in [1.165, 1.54) is 6.33 Å². The quantitative estimate of drug-likeness (QED) is 0.295. The Hall–Kier alpha value is -2.54. The van der Waals surface area contributed by atoms with Gasteiger partial charge in [0.1, 0.15) is 12.1 Å². The van der Waals surface area contributed by atoms with Gasteiger partial charge in [-0.3, -0.25) is 4.79 Å². The number of nitrogens with one attached hydrogen (secondary N) is 1. The Labute approximate surface area is 202 Å². The van der Waals surface area contributed by atoms with E-state index in [1.54, 1.807) is 6.07 Å². The summed E-state index contributed by atoms with van der Waals surface area (Å²) in [6.45, 7) is 5.41. The molecule has 5 nitrogen and oxygen atoms in total. The van der Waals surface area contributed by atoms with Crippen molar-refractivity contribution in [2.75, 3.05) is 11.9 Å². The van der Waals surface area contributed by atoms with Crippen molar-refractivity contribution in [1.82, 2.24) is 14.5 Å². The molecule has 4 aromatic rings. The van der Waals surface area contributed by atoms with Crippen LogP contribution in [0.3, 0.4) is 0 Å². The highest BCUT2D eigenvalue weighted by atomic mass is 35.5. The molecule has 0 unspecified atom stereocenters. The van der Waals surface area contributed by atoms with E-state index < -0.39 is 0 Å². The zero-order valence-corrected chi connectivity index (χ0v) is 20.1. The Morgan fingerprint density at radius 3 is 2.62 bits per heavy atom. The van der Waals surface area contributed by atoms with Gasteiger partial charge in [0.05, 0.1) is 21.3 Å². The highest BCUT2D eigenvalue weighted by Gasteiger charge is 2.13. The second-order valence-corrected chi connectivity index (χ2v) is 8.70. The van der Waals surface area contributed by atoms with Crippen molar-refractivity contribution < 1.29 is 4.79 Å². The molecule has 1 N–H and O–H groups in total. The molecule has 0 fully saturated rings. The van der Waals surface area contributed by atoms with E-state index in [0.717, 1.165) is 45.7 Å². The SMILES string of the molecule is CCc1cc(-c2cc(NCCn3c(C)cc4c(Cl)ccc(Cl)c43)ncn2)ccc1C(=O)S. The minimum absolute atomic E-state index is 0.229. The Kier molecular flexibility index (Phi) is 6.74. The number of nitrogens with zero attached hydrogens (tertiary/aromatic N) is 3. The van der Waals surface area contributed by atoms with Crippen molar-refractivity contribution in [2.24, 2.45) is 0 Å². The lowest BCUT2D eigenvalue weighted by Crippen LogP contribution is -2.12. The lowest BCUT2D eigenvalue weighted by Gasteiger charge is -2.12. The summed E-state index contributed by atoms with van der Waals surface area (Å²) in [6, 6.07) is 13.3. The van der Waals surface area contributed by atoms with Gasteiger partial charge in [0.15, 0.2) is 0 Å². The third-order valence-corrected chi connectivity index (χ3v) is 6.36. The lowest BCUT2D eigenvalue weighted by atomic mass is 10.0. The highest BCUT2D eigenvalue weighted by molar-refractivity contribution is 7.97. The van der Waals surface area contributed by atoms with Gasteiger partial charge < -0.3 is 9.88 Å². The average molecular weight is 485 g/mol. The molecule has 8 heteroatoms. The van der Waals surface area contributed by atoms with Crippen molar-refractivity contribution in [3.8, 4) is 11.3 Å². The van der Waals surface area contributed by atoms with E-state index in [-0.39, 0.29) is 5.12 Å². The topological polar surface area (TPSA) is 59.8 Å². The number of benzene rings is 2. The summed E-state index contributed by atoms with van der Waals surface area (Å²) in [5.41, 5.74) is 5.31. The van der Waals surface area contributed by atoms with E-state index in [2.05, 4.69) is 38.5 Å². The molecule has 0 saturated carbocycles. The summed E-state index contributed by atoms with van der Waals surface area (Å²) in [5.74, 6) is 0.723. The van der Waals surface area contributed by atoms with Gasteiger partial charge in [-0.25, -0.2) is 9.97 Å². The molecule has 2 aromatic carbocycles. The fraction of sp³-hybridized carbons (Fsp3) is 0.208. The summed E-state index contributed by atoms with van der Waals surface area (Å²) in [5, 5.41) is 5.46.